The first-order valence-electron chi connectivity index (χ1n) is 5.67. The highest BCUT2D eigenvalue weighted by atomic mass is 16.4. The molecule has 5 heteroatoms. The van der Waals surface area contributed by atoms with Crippen LogP contribution in [0.1, 0.15) is 33.1 Å². The second-order valence-corrected chi connectivity index (χ2v) is 4.45. The summed E-state index contributed by atoms with van der Waals surface area (Å²) in [5.41, 5.74) is 0.456. The standard InChI is InChI=1S/C12H18N2O3/c1-7(11(6-13)12(16)17)14-10-4-3-9(5-10)8(2)15/h6,9-10,13-14H,3-5H2,1-2H3,(H,16,17)/b11-7+,13-6?/t9-,10-/m1/s1. The molecule has 5 nitrogen and oxygen atoms in total. The van der Waals surface area contributed by atoms with Gasteiger partial charge >= 0.3 is 5.97 Å². The smallest absolute Gasteiger partial charge is 0.338 e. The first kappa shape index (κ1) is 13.4. The van der Waals surface area contributed by atoms with Gasteiger partial charge in [-0.05, 0) is 33.1 Å². The summed E-state index contributed by atoms with van der Waals surface area (Å²) in [7, 11) is 0. The van der Waals surface area contributed by atoms with Crippen LogP contribution < -0.4 is 5.32 Å². The molecular formula is C12H18N2O3. The van der Waals surface area contributed by atoms with Gasteiger partial charge < -0.3 is 15.8 Å². The highest BCUT2D eigenvalue weighted by molar-refractivity contribution is 6.08. The fraction of sp³-hybridized carbons (Fsp3) is 0.583. The van der Waals surface area contributed by atoms with Crippen molar-refractivity contribution >= 4 is 18.0 Å². The van der Waals surface area contributed by atoms with Crippen molar-refractivity contribution in [3.05, 3.63) is 11.3 Å². The van der Waals surface area contributed by atoms with Crippen molar-refractivity contribution in [1.82, 2.24) is 5.32 Å². The predicted octanol–water partition coefficient (Wildman–Crippen LogP) is 1.34. The third-order valence-electron chi connectivity index (χ3n) is 3.21. The minimum Gasteiger partial charge on any atom is -0.478 e. The second kappa shape index (κ2) is 5.61. The van der Waals surface area contributed by atoms with Crippen LogP contribution in [0.2, 0.25) is 0 Å². The van der Waals surface area contributed by atoms with Crippen LogP contribution in [0.15, 0.2) is 11.3 Å². The van der Waals surface area contributed by atoms with E-state index in [1.54, 1.807) is 13.8 Å². The van der Waals surface area contributed by atoms with Gasteiger partial charge in [0.1, 0.15) is 5.78 Å². The Morgan fingerprint density at radius 3 is 2.41 bits per heavy atom. The number of nitrogens with one attached hydrogen (secondary N) is 2. The van der Waals surface area contributed by atoms with Crippen molar-refractivity contribution in [3.8, 4) is 0 Å². The average Bonchev–Trinajstić information content (AvgIpc) is 2.66. The minimum absolute atomic E-state index is 0.0312. The van der Waals surface area contributed by atoms with Crippen molar-refractivity contribution in [1.29, 1.82) is 5.41 Å². The van der Waals surface area contributed by atoms with Crippen LogP contribution in [-0.2, 0) is 9.59 Å². The number of Topliss-reactive ketones (excluding diaryl/α,β-unsaturated/α-hetero) is 1. The molecule has 0 aliphatic heterocycles. The van der Waals surface area contributed by atoms with E-state index in [2.05, 4.69) is 5.32 Å². The van der Waals surface area contributed by atoms with Gasteiger partial charge in [0.25, 0.3) is 0 Å². The number of carboxylic acids is 1. The number of carbonyl (C=O) groups is 2. The SMILES string of the molecule is CC(=O)[C@@H]1CC[C@@H](N/C(C)=C(\C=N)C(=O)O)C1. The number of hydrogen-bond donors (Lipinski definition) is 3. The van der Waals surface area contributed by atoms with Crippen LogP contribution in [-0.4, -0.2) is 29.1 Å². The number of carbonyl (C=O) groups excluding carboxylic acids is 1. The summed E-state index contributed by atoms with van der Waals surface area (Å²) in [4.78, 5) is 22.0. The van der Waals surface area contributed by atoms with E-state index in [0.29, 0.717) is 5.70 Å². The van der Waals surface area contributed by atoms with Crippen molar-refractivity contribution in [2.75, 3.05) is 0 Å². The van der Waals surface area contributed by atoms with E-state index in [4.69, 9.17) is 10.5 Å². The Morgan fingerprint density at radius 1 is 1.35 bits per heavy atom. The first-order valence-corrected chi connectivity index (χ1v) is 5.67. The molecule has 17 heavy (non-hydrogen) atoms. The highest BCUT2D eigenvalue weighted by Gasteiger charge is 2.27. The predicted molar refractivity (Wildman–Crippen MR) is 64.1 cm³/mol. The topological polar surface area (TPSA) is 90.3 Å². The molecule has 1 rings (SSSR count). The van der Waals surface area contributed by atoms with Gasteiger partial charge in [-0.3, -0.25) is 4.79 Å². The Bertz CT molecular complexity index is 374. The maximum absolute atomic E-state index is 11.2. The van der Waals surface area contributed by atoms with E-state index in [0.717, 1.165) is 25.5 Å². The molecule has 0 aromatic heterocycles. The van der Waals surface area contributed by atoms with Crippen LogP contribution in [0.4, 0.5) is 0 Å². The van der Waals surface area contributed by atoms with E-state index in [-0.39, 0.29) is 23.3 Å². The molecule has 0 unspecified atom stereocenters. The fourth-order valence-electron chi connectivity index (χ4n) is 2.20. The van der Waals surface area contributed by atoms with E-state index in [1.165, 1.54) is 0 Å². The zero-order valence-electron chi connectivity index (χ0n) is 10.1. The fourth-order valence-corrected chi connectivity index (χ4v) is 2.20. The Kier molecular flexibility index (Phi) is 4.43. The number of hydrogen-bond acceptors (Lipinski definition) is 4. The largest absolute Gasteiger partial charge is 0.478 e. The molecule has 94 valence electrons. The zero-order chi connectivity index (χ0) is 13.0. The molecule has 0 heterocycles. The molecule has 0 bridgehead atoms. The van der Waals surface area contributed by atoms with Gasteiger partial charge in [-0.2, -0.15) is 0 Å². The first-order chi connectivity index (χ1) is 7.95. The highest BCUT2D eigenvalue weighted by Crippen LogP contribution is 2.26. The lowest BCUT2D eigenvalue weighted by Crippen LogP contribution is -2.27. The molecule has 0 radical (unpaired) electrons. The van der Waals surface area contributed by atoms with E-state index in [9.17, 15) is 9.59 Å². The normalized spacial score (nSPS) is 25.1. The molecule has 0 aromatic rings. The van der Waals surface area contributed by atoms with Crippen LogP contribution in [0, 0.1) is 11.3 Å². The molecule has 1 fully saturated rings. The lowest BCUT2D eigenvalue weighted by atomic mass is 10.0. The van der Waals surface area contributed by atoms with Crippen LogP contribution in [0.25, 0.3) is 0 Å². The van der Waals surface area contributed by atoms with Gasteiger partial charge in [0.15, 0.2) is 0 Å². The summed E-state index contributed by atoms with van der Waals surface area (Å²) in [6, 6.07) is 0.137. The van der Waals surface area contributed by atoms with Crippen LogP contribution in [0.3, 0.4) is 0 Å². The summed E-state index contributed by atoms with van der Waals surface area (Å²) < 4.78 is 0. The van der Waals surface area contributed by atoms with E-state index in [1.807, 2.05) is 0 Å². The van der Waals surface area contributed by atoms with Crippen molar-refractivity contribution in [2.24, 2.45) is 5.92 Å². The number of rotatable bonds is 5. The lowest BCUT2D eigenvalue weighted by Gasteiger charge is -2.15. The van der Waals surface area contributed by atoms with E-state index >= 15 is 0 Å². The van der Waals surface area contributed by atoms with Gasteiger partial charge in [-0.25, -0.2) is 4.79 Å². The molecule has 1 aliphatic carbocycles. The number of carboxylic acid groups (broad SMARTS) is 1. The third kappa shape index (κ3) is 3.41. The minimum atomic E-state index is -1.11. The van der Waals surface area contributed by atoms with Crippen molar-refractivity contribution < 1.29 is 14.7 Å². The Balaban J connectivity index is 2.64. The maximum Gasteiger partial charge on any atom is 0.338 e. The summed E-state index contributed by atoms with van der Waals surface area (Å²) in [5, 5.41) is 19.0. The zero-order valence-corrected chi connectivity index (χ0v) is 10.1. The summed E-state index contributed by atoms with van der Waals surface area (Å²) in [5.74, 6) is -0.818. The Morgan fingerprint density at radius 2 is 2.00 bits per heavy atom. The molecule has 3 N–H and O–H groups in total. The molecule has 0 spiro atoms. The van der Waals surface area contributed by atoms with Crippen LogP contribution in [0.5, 0.6) is 0 Å². The molecule has 0 aromatic carbocycles. The van der Waals surface area contributed by atoms with Crippen LogP contribution >= 0.6 is 0 Å². The Labute approximate surface area is 100 Å². The quantitative estimate of drug-likeness (QED) is 0.498. The summed E-state index contributed by atoms with van der Waals surface area (Å²) in [6.45, 7) is 3.24. The number of ketones is 1. The summed E-state index contributed by atoms with van der Waals surface area (Å²) in [6.07, 6.45) is 3.30. The Hall–Kier alpha value is -1.65. The molecule has 1 aliphatic rings. The number of allylic oxidation sites excluding steroid dienone is 1. The number of aliphatic carboxylic acids is 1. The van der Waals surface area contributed by atoms with Gasteiger partial charge in [0, 0.05) is 23.9 Å². The van der Waals surface area contributed by atoms with E-state index < -0.39 is 5.97 Å². The van der Waals surface area contributed by atoms with Crippen molar-refractivity contribution in [3.63, 3.8) is 0 Å². The monoisotopic (exact) mass is 238 g/mol. The molecule has 2 atom stereocenters. The molecule has 0 amide bonds. The third-order valence-corrected chi connectivity index (χ3v) is 3.21. The average molecular weight is 238 g/mol. The van der Waals surface area contributed by atoms with Gasteiger partial charge in [-0.15, -0.1) is 0 Å². The lowest BCUT2D eigenvalue weighted by molar-refractivity contribution is -0.132. The maximum atomic E-state index is 11.2. The van der Waals surface area contributed by atoms with Crippen molar-refractivity contribution in [2.45, 2.75) is 39.2 Å². The summed E-state index contributed by atoms with van der Waals surface area (Å²) >= 11 is 0. The molecular weight excluding hydrogens is 220 g/mol. The van der Waals surface area contributed by atoms with Gasteiger partial charge in [0.2, 0.25) is 0 Å². The van der Waals surface area contributed by atoms with Gasteiger partial charge in [0.05, 0.1) is 5.57 Å². The molecule has 0 saturated heterocycles. The molecule has 1 saturated carbocycles. The second-order valence-electron chi connectivity index (χ2n) is 4.45. The van der Waals surface area contributed by atoms with Gasteiger partial charge in [-0.1, -0.05) is 0 Å².